The lowest BCUT2D eigenvalue weighted by atomic mass is 9.98. The third-order valence-corrected chi connectivity index (χ3v) is 4.93. The molecule has 0 atom stereocenters. The first-order valence-corrected chi connectivity index (χ1v) is 9.95. The first kappa shape index (κ1) is 20.9. The molecule has 2 aromatic carbocycles. The molecule has 0 unspecified atom stereocenters. The van der Waals surface area contributed by atoms with Crippen LogP contribution >= 0.6 is 0 Å². The first-order valence-electron chi connectivity index (χ1n) is 9.95. The number of hydrogen-bond donors (Lipinski definition) is 1. The third kappa shape index (κ3) is 6.32. The summed E-state index contributed by atoms with van der Waals surface area (Å²) >= 11 is 0. The van der Waals surface area contributed by atoms with Crippen molar-refractivity contribution in [3.05, 3.63) is 65.2 Å². The summed E-state index contributed by atoms with van der Waals surface area (Å²) in [7, 11) is 1.55. The van der Waals surface area contributed by atoms with E-state index in [9.17, 15) is 9.59 Å². The molecule has 1 N–H and O–H groups in total. The molecule has 6 nitrogen and oxygen atoms in total. The number of ether oxygens (including phenoxy) is 3. The highest BCUT2D eigenvalue weighted by Gasteiger charge is 2.18. The second kappa shape index (κ2) is 10.6. The molecule has 1 saturated carbocycles. The largest absolute Gasteiger partial charge is 0.468 e. The summed E-state index contributed by atoms with van der Waals surface area (Å²) < 4.78 is 15.7. The van der Waals surface area contributed by atoms with Crippen molar-refractivity contribution in [2.24, 2.45) is 0 Å². The van der Waals surface area contributed by atoms with Crippen molar-refractivity contribution in [2.75, 3.05) is 13.9 Å². The number of carbonyl (C=O) groups is 2. The van der Waals surface area contributed by atoms with Gasteiger partial charge in [0.25, 0.3) is 5.91 Å². The minimum absolute atomic E-state index is 0.0431. The molecule has 1 fully saturated rings. The van der Waals surface area contributed by atoms with Crippen LogP contribution in [0.4, 0.5) is 0 Å². The molecule has 0 radical (unpaired) electrons. The zero-order valence-electron chi connectivity index (χ0n) is 16.7. The molecule has 0 bridgehead atoms. The van der Waals surface area contributed by atoms with E-state index in [2.05, 4.69) is 5.32 Å². The van der Waals surface area contributed by atoms with Gasteiger partial charge in [0, 0.05) is 19.2 Å². The van der Waals surface area contributed by atoms with E-state index in [4.69, 9.17) is 14.2 Å². The van der Waals surface area contributed by atoms with Gasteiger partial charge in [0.2, 0.25) is 0 Å². The first-order chi connectivity index (χ1) is 14.2. The van der Waals surface area contributed by atoms with E-state index < -0.39 is 0 Å². The maximum atomic E-state index is 12.3. The Balaban J connectivity index is 1.47. The fourth-order valence-electron chi connectivity index (χ4n) is 3.27. The van der Waals surface area contributed by atoms with Crippen LogP contribution in [-0.4, -0.2) is 31.9 Å². The van der Waals surface area contributed by atoms with Gasteiger partial charge in [0.15, 0.2) is 6.79 Å². The van der Waals surface area contributed by atoms with Crippen molar-refractivity contribution < 1.29 is 23.8 Å². The van der Waals surface area contributed by atoms with E-state index in [1.54, 1.807) is 43.5 Å². The van der Waals surface area contributed by atoms with E-state index >= 15 is 0 Å². The lowest BCUT2D eigenvalue weighted by molar-refractivity contribution is 0.0211. The smallest absolute Gasteiger partial charge is 0.338 e. The standard InChI is InChI=1S/C23H27NO5/c1-27-16-28-20-13-11-18(12-14-20)22(25)24-15-17-7-9-19(10-8-17)23(26)29-21-5-3-2-4-6-21/h7-14,21H,2-6,15-16H2,1H3,(H,24,25). The second-order valence-corrected chi connectivity index (χ2v) is 7.12. The lowest BCUT2D eigenvalue weighted by Crippen LogP contribution is -2.23. The number of amides is 1. The van der Waals surface area contributed by atoms with Gasteiger partial charge in [-0.05, 0) is 67.6 Å². The maximum absolute atomic E-state index is 12.3. The topological polar surface area (TPSA) is 73.9 Å². The van der Waals surface area contributed by atoms with Crippen LogP contribution in [0.15, 0.2) is 48.5 Å². The van der Waals surface area contributed by atoms with E-state index in [-0.39, 0.29) is 24.8 Å². The fraction of sp³-hybridized carbons (Fsp3) is 0.391. The highest BCUT2D eigenvalue weighted by molar-refractivity contribution is 5.94. The molecule has 0 saturated heterocycles. The predicted molar refractivity (Wildman–Crippen MR) is 109 cm³/mol. The Morgan fingerprint density at radius 3 is 2.24 bits per heavy atom. The van der Waals surface area contributed by atoms with Crippen molar-refractivity contribution in [1.29, 1.82) is 0 Å². The molecule has 1 aliphatic carbocycles. The molecule has 1 aliphatic rings. The Labute approximate surface area is 171 Å². The lowest BCUT2D eigenvalue weighted by Gasteiger charge is -2.21. The summed E-state index contributed by atoms with van der Waals surface area (Å²) in [6, 6.07) is 14.0. The highest BCUT2D eigenvalue weighted by Crippen LogP contribution is 2.21. The minimum Gasteiger partial charge on any atom is -0.468 e. The van der Waals surface area contributed by atoms with E-state index in [1.807, 2.05) is 12.1 Å². The Bertz CT molecular complexity index is 795. The monoisotopic (exact) mass is 397 g/mol. The molecule has 0 heterocycles. The average molecular weight is 397 g/mol. The Hall–Kier alpha value is -2.86. The Kier molecular flexibility index (Phi) is 7.64. The Morgan fingerprint density at radius 2 is 1.59 bits per heavy atom. The molecule has 2 aromatic rings. The van der Waals surface area contributed by atoms with Gasteiger partial charge in [0.1, 0.15) is 11.9 Å². The van der Waals surface area contributed by atoms with Gasteiger partial charge in [-0.2, -0.15) is 0 Å². The van der Waals surface area contributed by atoms with E-state index in [0.717, 1.165) is 31.2 Å². The van der Waals surface area contributed by atoms with Crippen molar-refractivity contribution in [3.63, 3.8) is 0 Å². The van der Waals surface area contributed by atoms with Gasteiger partial charge in [-0.1, -0.05) is 18.6 Å². The quantitative estimate of drug-likeness (QED) is 0.536. The molecule has 154 valence electrons. The highest BCUT2D eigenvalue weighted by atomic mass is 16.7. The molecule has 0 aliphatic heterocycles. The zero-order valence-corrected chi connectivity index (χ0v) is 16.7. The van der Waals surface area contributed by atoms with E-state index in [1.165, 1.54) is 6.42 Å². The summed E-state index contributed by atoms with van der Waals surface area (Å²) in [5.74, 6) is 0.187. The number of nitrogens with one attached hydrogen (secondary N) is 1. The second-order valence-electron chi connectivity index (χ2n) is 7.12. The average Bonchev–Trinajstić information content (AvgIpc) is 2.77. The Morgan fingerprint density at radius 1 is 0.931 bits per heavy atom. The normalized spacial score (nSPS) is 14.2. The number of hydrogen-bond acceptors (Lipinski definition) is 5. The van der Waals surface area contributed by atoms with Crippen LogP contribution in [0.3, 0.4) is 0 Å². The number of carbonyl (C=O) groups excluding carboxylic acids is 2. The minimum atomic E-state index is -0.275. The predicted octanol–water partition coefficient (Wildman–Crippen LogP) is 4.09. The summed E-state index contributed by atoms with van der Waals surface area (Å²) in [5, 5.41) is 2.87. The molecule has 0 spiro atoms. The molecular weight excluding hydrogens is 370 g/mol. The zero-order chi connectivity index (χ0) is 20.5. The van der Waals surface area contributed by atoms with Crippen LogP contribution in [0.25, 0.3) is 0 Å². The maximum Gasteiger partial charge on any atom is 0.338 e. The van der Waals surface area contributed by atoms with Crippen molar-refractivity contribution in [2.45, 2.75) is 44.8 Å². The number of benzene rings is 2. The molecular formula is C23H27NO5. The van der Waals surface area contributed by atoms with Gasteiger partial charge in [-0.15, -0.1) is 0 Å². The van der Waals surface area contributed by atoms with Crippen LogP contribution in [0.1, 0.15) is 58.4 Å². The van der Waals surface area contributed by atoms with Crippen LogP contribution in [0, 0.1) is 0 Å². The molecule has 6 heteroatoms. The third-order valence-electron chi connectivity index (χ3n) is 4.93. The SMILES string of the molecule is COCOc1ccc(C(=O)NCc2ccc(C(=O)OC3CCCCC3)cc2)cc1. The number of rotatable bonds is 8. The van der Waals surface area contributed by atoms with E-state index in [0.29, 0.717) is 23.4 Å². The number of methoxy groups -OCH3 is 1. The van der Waals surface area contributed by atoms with Crippen LogP contribution < -0.4 is 10.1 Å². The summed E-state index contributed by atoms with van der Waals surface area (Å²) in [6.45, 7) is 0.536. The van der Waals surface area contributed by atoms with Gasteiger partial charge >= 0.3 is 5.97 Å². The molecule has 29 heavy (non-hydrogen) atoms. The number of esters is 1. The molecule has 3 rings (SSSR count). The van der Waals surface area contributed by atoms with Crippen molar-refractivity contribution in [3.8, 4) is 5.75 Å². The van der Waals surface area contributed by atoms with Gasteiger partial charge in [0.05, 0.1) is 5.56 Å². The van der Waals surface area contributed by atoms with Crippen LogP contribution in [0.2, 0.25) is 0 Å². The van der Waals surface area contributed by atoms with Crippen molar-refractivity contribution in [1.82, 2.24) is 5.32 Å². The summed E-state index contributed by atoms with van der Waals surface area (Å²) in [4.78, 5) is 24.5. The fourth-order valence-corrected chi connectivity index (χ4v) is 3.27. The van der Waals surface area contributed by atoms with Gasteiger partial charge in [-0.25, -0.2) is 4.79 Å². The van der Waals surface area contributed by atoms with Crippen molar-refractivity contribution >= 4 is 11.9 Å². The van der Waals surface area contributed by atoms with Crippen LogP contribution in [0.5, 0.6) is 5.75 Å². The summed E-state index contributed by atoms with van der Waals surface area (Å²) in [6.07, 6.45) is 5.42. The van der Waals surface area contributed by atoms with Gasteiger partial charge < -0.3 is 19.5 Å². The van der Waals surface area contributed by atoms with Gasteiger partial charge in [-0.3, -0.25) is 4.79 Å². The molecule has 1 amide bonds. The molecule has 0 aromatic heterocycles. The van der Waals surface area contributed by atoms with Crippen LogP contribution in [-0.2, 0) is 16.0 Å². The summed E-state index contributed by atoms with van der Waals surface area (Å²) in [5.41, 5.74) is 1.99.